The Morgan fingerprint density at radius 2 is 2.10 bits per heavy atom. The van der Waals surface area contributed by atoms with Crippen molar-refractivity contribution in [1.29, 1.82) is 0 Å². The van der Waals surface area contributed by atoms with Gasteiger partial charge in [-0.1, -0.05) is 17.7 Å². The Morgan fingerprint density at radius 1 is 1.30 bits per heavy atom. The van der Waals surface area contributed by atoms with Gasteiger partial charge in [0.2, 0.25) is 5.65 Å². The van der Waals surface area contributed by atoms with Crippen LogP contribution in [0.4, 0.5) is 0 Å². The SMILES string of the molecule is COc1c(Cl)cccc1-n1ccn2c(S)nnc2c1=O. The van der Waals surface area contributed by atoms with Crippen molar-refractivity contribution < 1.29 is 4.74 Å². The molecule has 6 nitrogen and oxygen atoms in total. The van der Waals surface area contributed by atoms with Crippen LogP contribution in [0.2, 0.25) is 5.02 Å². The highest BCUT2D eigenvalue weighted by Gasteiger charge is 2.14. The highest BCUT2D eigenvalue weighted by molar-refractivity contribution is 7.80. The summed E-state index contributed by atoms with van der Waals surface area (Å²) in [6.07, 6.45) is 3.24. The zero-order valence-corrected chi connectivity index (χ0v) is 12.0. The number of fused-ring (bicyclic) bond motifs is 1. The van der Waals surface area contributed by atoms with Crippen LogP contribution >= 0.6 is 24.2 Å². The average Bonchev–Trinajstić information content (AvgIpc) is 2.82. The Hall–Kier alpha value is -1.99. The molecule has 0 spiro atoms. The highest BCUT2D eigenvalue weighted by Crippen LogP contribution is 2.30. The Kier molecular flexibility index (Phi) is 3.15. The molecule has 0 aliphatic heterocycles. The van der Waals surface area contributed by atoms with Gasteiger partial charge in [-0.2, -0.15) is 0 Å². The largest absolute Gasteiger partial charge is 0.493 e. The van der Waals surface area contributed by atoms with Gasteiger partial charge in [0.05, 0.1) is 17.8 Å². The molecule has 0 bridgehead atoms. The molecule has 0 saturated heterocycles. The van der Waals surface area contributed by atoms with E-state index < -0.39 is 0 Å². The zero-order chi connectivity index (χ0) is 14.3. The van der Waals surface area contributed by atoms with E-state index in [2.05, 4.69) is 22.8 Å². The summed E-state index contributed by atoms with van der Waals surface area (Å²) in [7, 11) is 1.50. The van der Waals surface area contributed by atoms with E-state index in [0.29, 0.717) is 21.6 Å². The number of hydrogen-bond donors (Lipinski definition) is 1. The van der Waals surface area contributed by atoms with Gasteiger partial charge in [0, 0.05) is 12.4 Å². The van der Waals surface area contributed by atoms with Gasteiger partial charge in [-0.3, -0.25) is 13.8 Å². The van der Waals surface area contributed by atoms with Crippen LogP contribution in [-0.4, -0.2) is 26.3 Å². The Balaban J connectivity index is 2.33. The van der Waals surface area contributed by atoms with Gasteiger partial charge >= 0.3 is 5.56 Å². The summed E-state index contributed by atoms with van der Waals surface area (Å²) in [5, 5.41) is 8.34. The molecule has 0 aliphatic rings. The molecule has 0 N–H and O–H groups in total. The first-order valence-corrected chi connectivity index (χ1v) is 6.44. The van der Waals surface area contributed by atoms with E-state index in [-0.39, 0.29) is 11.2 Å². The molecule has 20 heavy (non-hydrogen) atoms. The second-order valence-electron chi connectivity index (χ2n) is 3.96. The molecule has 0 fully saturated rings. The number of benzene rings is 1. The molecule has 0 saturated carbocycles. The van der Waals surface area contributed by atoms with Gasteiger partial charge in [-0.05, 0) is 12.1 Å². The van der Waals surface area contributed by atoms with Crippen LogP contribution < -0.4 is 10.3 Å². The van der Waals surface area contributed by atoms with E-state index in [1.54, 1.807) is 30.6 Å². The van der Waals surface area contributed by atoms with Gasteiger partial charge in [0.15, 0.2) is 10.9 Å². The third kappa shape index (κ3) is 1.86. The third-order valence-electron chi connectivity index (χ3n) is 2.86. The molecule has 8 heteroatoms. The quantitative estimate of drug-likeness (QED) is 0.734. The summed E-state index contributed by atoms with van der Waals surface area (Å²) < 4.78 is 8.16. The topological polar surface area (TPSA) is 61.4 Å². The molecule has 102 valence electrons. The highest BCUT2D eigenvalue weighted by atomic mass is 35.5. The smallest absolute Gasteiger partial charge is 0.300 e. The van der Waals surface area contributed by atoms with E-state index >= 15 is 0 Å². The van der Waals surface area contributed by atoms with Crippen LogP contribution in [0, 0.1) is 0 Å². The molecule has 2 aromatic heterocycles. The minimum atomic E-state index is -0.333. The Labute approximate surface area is 124 Å². The number of hydrogen-bond acceptors (Lipinski definition) is 5. The minimum Gasteiger partial charge on any atom is -0.493 e. The van der Waals surface area contributed by atoms with Crippen molar-refractivity contribution in [3.8, 4) is 11.4 Å². The predicted octanol–water partition coefficient (Wildman–Crippen LogP) is 1.83. The summed E-state index contributed by atoms with van der Waals surface area (Å²) >= 11 is 10.2. The van der Waals surface area contributed by atoms with Crippen LogP contribution in [0.5, 0.6) is 5.75 Å². The first-order valence-electron chi connectivity index (χ1n) is 5.61. The van der Waals surface area contributed by atoms with Crippen molar-refractivity contribution in [3.63, 3.8) is 0 Å². The average molecular weight is 309 g/mol. The maximum absolute atomic E-state index is 12.4. The lowest BCUT2D eigenvalue weighted by Crippen LogP contribution is -2.20. The normalized spacial score (nSPS) is 10.9. The summed E-state index contributed by atoms with van der Waals surface area (Å²) in [5.41, 5.74) is 0.386. The summed E-state index contributed by atoms with van der Waals surface area (Å²) in [4.78, 5) is 12.4. The van der Waals surface area contributed by atoms with Crippen molar-refractivity contribution >= 4 is 29.9 Å². The summed E-state index contributed by atoms with van der Waals surface area (Å²) in [6.45, 7) is 0. The lowest BCUT2D eigenvalue weighted by Gasteiger charge is -2.12. The van der Waals surface area contributed by atoms with Crippen molar-refractivity contribution in [3.05, 3.63) is 46.0 Å². The number of rotatable bonds is 2. The summed E-state index contributed by atoms with van der Waals surface area (Å²) in [5.74, 6) is 0.422. The summed E-state index contributed by atoms with van der Waals surface area (Å²) in [6, 6.07) is 5.17. The standard InChI is InChI=1S/C12H9ClN4O2S/c1-19-9-7(13)3-2-4-8(9)16-5-6-17-10(11(16)18)14-15-12(17)20/h2-6H,1H3,(H,15,20). The lowest BCUT2D eigenvalue weighted by molar-refractivity contribution is 0.413. The molecule has 0 radical (unpaired) electrons. The number of thiol groups is 1. The number of nitrogens with zero attached hydrogens (tertiary/aromatic N) is 4. The van der Waals surface area contributed by atoms with Crippen molar-refractivity contribution in [2.75, 3.05) is 7.11 Å². The molecule has 0 unspecified atom stereocenters. The monoisotopic (exact) mass is 308 g/mol. The number of para-hydroxylation sites is 1. The molecule has 3 rings (SSSR count). The molecule has 0 aliphatic carbocycles. The molecular weight excluding hydrogens is 300 g/mol. The first-order chi connectivity index (χ1) is 9.63. The van der Waals surface area contributed by atoms with Gasteiger partial charge in [-0.15, -0.1) is 22.8 Å². The van der Waals surface area contributed by atoms with E-state index in [9.17, 15) is 4.79 Å². The fourth-order valence-electron chi connectivity index (χ4n) is 1.95. The van der Waals surface area contributed by atoms with E-state index in [4.69, 9.17) is 16.3 Å². The number of methoxy groups -OCH3 is 1. The molecule has 1 aromatic carbocycles. The maximum Gasteiger partial charge on any atom is 0.300 e. The van der Waals surface area contributed by atoms with Crippen LogP contribution in [0.15, 0.2) is 40.5 Å². The Morgan fingerprint density at radius 3 is 2.85 bits per heavy atom. The predicted molar refractivity (Wildman–Crippen MR) is 77.4 cm³/mol. The fraction of sp³-hybridized carbons (Fsp3) is 0.0833. The lowest BCUT2D eigenvalue weighted by atomic mass is 10.3. The minimum absolute atomic E-state index is 0.180. The van der Waals surface area contributed by atoms with Crippen molar-refractivity contribution in [2.45, 2.75) is 5.16 Å². The number of aromatic nitrogens is 4. The second kappa shape index (κ2) is 4.84. The molecule has 2 heterocycles. The number of ether oxygens (including phenoxy) is 1. The number of halogens is 1. The second-order valence-corrected chi connectivity index (χ2v) is 4.77. The van der Waals surface area contributed by atoms with Crippen LogP contribution in [-0.2, 0) is 0 Å². The maximum atomic E-state index is 12.4. The van der Waals surface area contributed by atoms with Crippen LogP contribution in [0.3, 0.4) is 0 Å². The van der Waals surface area contributed by atoms with Crippen molar-refractivity contribution in [1.82, 2.24) is 19.2 Å². The molecular formula is C12H9ClN4O2S. The van der Waals surface area contributed by atoms with Crippen LogP contribution in [0.1, 0.15) is 0 Å². The molecule has 3 aromatic rings. The molecule has 0 atom stereocenters. The van der Waals surface area contributed by atoms with E-state index in [1.807, 2.05) is 0 Å². The van der Waals surface area contributed by atoms with E-state index in [1.165, 1.54) is 16.1 Å². The fourth-order valence-corrected chi connectivity index (χ4v) is 2.41. The van der Waals surface area contributed by atoms with Crippen molar-refractivity contribution in [2.24, 2.45) is 0 Å². The van der Waals surface area contributed by atoms with Gasteiger partial charge < -0.3 is 4.74 Å². The zero-order valence-electron chi connectivity index (χ0n) is 10.3. The first kappa shape index (κ1) is 13.0. The van der Waals surface area contributed by atoms with E-state index in [0.717, 1.165) is 0 Å². The molecule has 0 amide bonds. The van der Waals surface area contributed by atoms with Gasteiger partial charge in [0.25, 0.3) is 0 Å². The van der Waals surface area contributed by atoms with Gasteiger partial charge in [0.1, 0.15) is 0 Å². The Bertz CT molecular complexity index is 858. The van der Waals surface area contributed by atoms with Gasteiger partial charge in [-0.25, -0.2) is 0 Å². The third-order valence-corrected chi connectivity index (χ3v) is 3.47. The van der Waals surface area contributed by atoms with Crippen LogP contribution in [0.25, 0.3) is 11.3 Å².